The van der Waals surface area contributed by atoms with E-state index in [1.165, 1.54) is 25.9 Å². The van der Waals surface area contributed by atoms with Crippen molar-refractivity contribution >= 4 is 5.91 Å². The van der Waals surface area contributed by atoms with Crippen molar-refractivity contribution in [1.29, 1.82) is 0 Å². The van der Waals surface area contributed by atoms with Gasteiger partial charge in [-0.3, -0.25) is 4.79 Å². The molecule has 4 heteroatoms. The number of hydrogen-bond acceptors (Lipinski definition) is 3. The van der Waals surface area contributed by atoms with Crippen LogP contribution in [0.5, 0.6) is 0 Å². The number of rotatable bonds is 4. The lowest BCUT2D eigenvalue weighted by Gasteiger charge is -2.30. The van der Waals surface area contributed by atoms with Gasteiger partial charge in [0.05, 0.1) is 0 Å². The number of carbonyl (C=O) groups excluding carboxylic acids is 1. The predicted molar refractivity (Wildman–Crippen MR) is 73.2 cm³/mol. The van der Waals surface area contributed by atoms with E-state index in [9.17, 15) is 4.79 Å². The third kappa shape index (κ3) is 3.95. The highest BCUT2D eigenvalue weighted by Crippen LogP contribution is 2.23. The first-order chi connectivity index (χ1) is 8.65. The third-order valence-corrected chi connectivity index (χ3v) is 4.45. The molecule has 1 aliphatic heterocycles. The van der Waals surface area contributed by atoms with Crippen LogP contribution in [0.4, 0.5) is 0 Å². The van der Waals surface area contributed by atoms with E-state index in [0.717, 1.165) is 38.3 Å². The van der Waals surface area contributed by atoms with Crippen LogP contribution in [0.2, 0.25) is 0 Å². The van der Waals surface area contributed by atoms with Gasteiger partial charge in [0.15, 0.2) is 0 Å². The second kappa shape index (κ2) is 6.53. The molecule has 0 aromatic carbocycles. The van der Waals surface area contributed by atoms with Gasteiger partial charge in [-0.2, -0.15) is 0 Å². The van der Waals surface area contributed by atoms with Crippen LogP contribution >= 0.6 is 0 Å². The molecule has 0 bridgehead atoms. The largest absolute Gasteiger partial charge is 0.355 e. The Bertz CT molecular complexity index is 274. The molecule has 104 valence electrons. The lowest BCUT2D eigenvalue weighted by atomic mass is 9.99. The fourth-order valence-corrected chi connectivity index (χ4v) is 3.02. The Kier molecular flexibility index (Phi) is 5.01. The number of carbonyl (C=O) groups is 1. The summed E-state index contributed by atoms with van der Waals surface area (Å²) in [7, 11) is 0. The second-order valence-corrected chi connectivity index (χ2v) is 6.09. The maximum Gasteiger partial charge on any atom is 0.223 e. The summed E-state index contributed by atoms with van der Waals surface area (Å²) in [4.78, 5) is 14.4. The van der Waals surface area contributed by atoms with E-state index in [0.29, 0.717) is 0 Å². The molecule has 2 aliphatic rings. The minimum absolute atomic E-state index is 0.168. The average Bonchev–Trinajstić information content (AvgIpc) is 2.78. The Balaban J connectivity index is 1.59. The second-order valence-electron chi connectivity index (χ2n) is 6.09. The molecule has 4 nitrogen and oxygen atoms in total. The first-order valence-corrected chi connectivity index (χ1v) is 7.41. The molecule has 1 amide bonds. The van der Waals surface area contributed by atoms with Crippen molar-refractivity contribution in [2.45, 2.75) is 45.1 Å². The number of amides is 1. The SMILES string of the molecule is CC1CCN(CCNC(=O)C2CCC(N)C2)CC1. The Hall–Kier alpha value is -0.610. The van der Waals surface area contributed by atoms with Gasteiger partial charge in [-0.1, -0.05) is 6.92 Å². The highest BCUT2D eigenvalue weighted by Gasteiger charge is 2.27. The monoisotopic (exact) mass is 253 g/mol. The summed E-state index contributed by atoms with van der Waals surface area (Å²) in [6, 6.07) is 0.240. The molecule has 1 saturated heterocycles. The van der Waals surface area contributed by atoms with E-state index in [2.05, 4.69) is 17.1 Å². The van der Waals surface area contributed by atoms with Crippen molar-refractivity contribution in [2.75, 3.05) is 26.2 Å². The molecular formula is C14H27N3O. The lowest BCUT2D eigenvalue weighted by molar-refractivity contribution is -0.124. The normalized spacial score (nSPS) is 30.6. The van der Waals surface area contributed by atoms with Gasteiger partial charge in [0, 0.05) is 25.0 Å². The lowest BCUT2D eigenvalue weighted by Crippen LogP contribution is -2.40. The van der Waals surface area contributed by atoms with Crippen LogP contribution in [-0.4, -0.2) is 43.0 Å². The fourth-order valence-electron chi connectivity index (χ4n) is 3.02. The molecule has 2 rings (SSSR count). The van der Waals surface area contributed by atoms with Crippen molar-refractivity contribution in [1.82, 2.24) is 10.2 Å². The first-order valence-electron chi connectivity index (χ1n) is 7.41. The molecule has 0 aromatic rings. The van der Waals surface area contributed by atoms with Crippen molar-refractivity contribution in [2.24, 2.45) is 17.6 Å². The van der Waals surface area contributed by atoms with Gasteiger partial charge in [0.1, 0.15) is 0 Å². The number of nitrogens with zero attached hydrogens (tertiary/aromatic N) is 1. The summed E-state index contributed by atoms with van der Waals surface area (Å²) < 4.78 is 0. The zero-order chi connectivity index (χ0) is 13.0. The van der Waals surface area contributed by atoms with Crippen LogP contribution < -0.4 is 11.1 Å². The smallest absolute Gasteiger partial charge is 0.223 e. The van der Waals surface area contributed by atoms with Crippen molar-refractivity contribution in [3.8, 4) is 0 Å². The maximum absolute atomic E-state index is 11.9. The number of likely N-dealkylation sites (tertiary alicyclic amines) is 1. The van der Waals surface area contributed by atoms with E-state index < -0.39 is 0 Å². The molecule has 1 aliphatic carbocycles. The van der Waals surface area contributed by atoms with Crippen molar-refractivity contribution in [3.63, 3.8) is 0 Å². The van der Waals surface area contributed by atoms with E-state index in [-0.39, 0.29) is 17.9 Å². The number of hydrogen-bond donors (Lipinski definition) is 2. The van der Waals surface area contributed by atoms with E-state index in [1.54, 1.807) is 0 Å². The molecule has 3 N–H and O–H groups in total. The standard InChI is InChI=1S/C14H27N3O/c1-11-4-7-17(8-5-11)9-6-16-14(18)12-2-3-13(15)10-12/h11-13H,2-10,15H2,1H3,(H,16,18). The minimum Gasteiger partial charge on any atom is -0.355 e. The summed E-state index contributed by atoms with van der Waals surface area (Å²) in [6.07, 6.45) is 5.43. The Morgan fingerprint density at radius 1 is 1.28 bits per heavy atom. The van der Waals surface area contributed by atoms with Crippen LogP contribution in [0, 0.1) is 11.8 Å². The highest BCUT2D eigenvalue weighted by molar-refractivity contribution is 5.78. The van der Waals surface area contributed by atoms with Gasteiger partial charge >= 0.3 is 0 Å². The minimum atomic E-state index is 0.168. The quantitative estimate of drug-likeness (QED) is 0.784. The molecule has 2 fully saturated rings. The van der Waals surface area contributed by atoms with Gasteiger partial charge in [0.25, 0.3) is 0 Å². The predicted octanol–water partition coefficient (Wildman–Crippen LogP) is 0.962. The van der Waals surface area contributed by atoms with Gasteiger partial charge in [-0.25, -0.2) is 0 Å². The number of nitrogens with one attached hydrogen (secondary N) is 1. The summed E-state index contributed by atoms with van der Waals surface area (Å²) in [6.45, 7) is 6.48. The van der Waals surface area contributed by atoms with Crippen molar-refractivity contribution in [3.05, 3.63) is 0 Å². The zero-order valence-electron chi connectivity index (χ0n) is 11.5. The van der Waals surface area contributed by atoms with Gasteiger partial charge in [0.2, 0.25) is 5.91 Å². The maximum atomic E-state index is 11.9. The van der Waals surface area contributed by atoms with Gasteiger partial charge in [-0.05, 0) is 51.1 Å². The molecule has 18 heavy (non-hydrogen) atoms. The average molecular weight is 253 g/mol. The Labute approximate surface area is 110 Å². The topological polar surface area (TPSA) is 58.4 Å². The van der Waals surface area contributed by atoms with E-state index in [1.807, 2.05) is 0 Å². The van der Waals surface area contributed by atoms with Crippen molar-refractivity contribution < 1.29 is 4.79 Å². The highest BCUT2D eigenvalue weighted by atomic mass is 16.1. The molecular weight excluding hydrogens is 226 g/mol. The van der Waals surface area contributed by atoms with E-state index >= 15 is 0 Å². The molecule has 2 unspecified atom stereocenters. The summed E-state index contributed by atoms with van der Waals surface area (Å²) in [5, 5.41) is 3.07. The Morgan fingerprint density at radius 2 is 2.00 bits per heavy atom. The molecule has 1 saturated carbocycles. The zero-order valence-corrected chi connectivity index (χ0v) is 11.5. The van der Waals surface area contributed by atoms with Gasteiger partial charge < -0.3 is 16.0 Å². The molecule has 2 atom stereocenters. The van der Waals surface area contributed by atoms with Crippen LogP contribution in [0.15, 0.2) is 0 Å². The molecule has 0 radical (unpaired) electrons. The number of nitrogens with two attached hydrogens (primary N) is 1. The summed E-state index contributed by atoms with van der Waals surface area (Å²) in [5.74, 6) is 1.26. The van der Waals surface area contributed by atoms with E-state index in [4.69, 9.17) is 5.73 Å². The molecule has 0 aromatic heterocycles. The summed E-state index contributed by atoms with van der Waals surface area (Å²) >= 11 is 0. The number of piperidine rings is 1. The fraction of sp³-hybridized carbons (Fsp3) is 0.929. The van der Waals surface area contributed by atoms with Crippen LogP contribution in [-0.2, 0) is 4.79 Å². The van der Waals surface area contributed by atoms with Crippen LogP contribution in [0.3, 0.4) is 0 Å². The third-order valence-electron chi connectivity index (χ3n) is 4.45. The molecule has 1 heterocycles. The molecule has 0 spiro atoms. The Morgan fingerprint density at radius 3 is 2.61 bits per heavy atom. The van der Waals surface area contributed by atoms with Crippen LogP contribution in [0.25, 0.3) is 0 Å². The van der Waals surface area contributed by atoms with Crippen LogP contribution in [0.1, 0.15) is 39.0 Å². The van der Waals surface area contributed by atoms with Gasteiger partial charge in [-0.15, -0.1) is 0 Å². The first kappa shape index (κ1) is 13.8. The summed E-state index contributed by atoms with van der Waals surface area (Å²) in [5.41, 5.74) is 5.83.